The lowest BCUT2D eigenvalue weighted by Gasteiger charge is -2.16. The van der Waals surface area contributed by atoms with Crippen LogP contribution in [-0.4, -0.2) is 116 Å². The summed E-state index contributed by atoms with van der Waals surface area (Å²) >= 11 is 2.15. The number of nitrogens with zero attached hydrogens (tertiary/aromatic N) is 10. The fourth-order valence-electron chi connectivity index (χ4n) is 6.73. The van der Waals surface area contributed by atoms with Crippen LogP contribution in [0.2, 0.25) is 0 Å². The third-order valence-corrected chi connectivity index (χ3v) is 11.2. The average molecular weight is 939 g/mol. The van der Waals surface area contributed by atoms with Crippen LogP contribution < -0.4 is 14.9 Å². The molecule has 0 aliphatic carbocycles. The van der Waals surface area contributed by atoms with Crippen molar-refractivity contribution in [3.8, 4) is 23.1 Å². The summed E-state index contributed by atoms with van der Waals surface area (Å²) in [5.41, 5.74) is 4.48. The van der Waals surface area contributed by atoms with Crippen LogP contribution in [0.25, 0.3) is 33.7 Å². The topological polar surface area (TPSA) is 187 Å². The number of ether oxygens (including phenoxy) is 2. The summed E-state index contributed by atoms with van der Waals surface area (Å²) in [5, 5.41) is 17.3. The molecule has 2 aromatic carbocycles. The smallest absolute Gasteiger partial charge is 0.471 e. The Morgan fingerprint density at radius 2 is 1.27 bits per heavy atom. The number of hydrogen-bond acceptors (Lipinski definition) is 12. The number of fused-ring (bicyclic) bond motifs is 2. The molecule has 0 radical (unpaired) electrons. The average Bonchev–Trinajstić information content (AvgIpc) is 4.04. The van der Waals surface area contributed by atoms with Crippen LogP contribution in [0.4, 0.5) is 8.78 Å². The Morgan fingerprint density at radius 3 is 1.77 bits per heavy atom. The zero-order valence-electron chi connectivity index (χ0n) is 34.1. The Kier molecular flexibility index (Phi) is 14.3. The van der Waals surface area contributed by atoms with Gasteiger partial charge in [-0.05, 0) is 42.6 Å². The molecule has 2 aliphatic heterocycles. The van der Waals surface area contributed by atoms with Gasteiger partial charge < -0.3 is 38.5 Å². The Labute approximate surface area is 359 Å². The predicted octanol–water partition coefficient (Wildman–Crippen LogP) is 4.04. The van der Waals surface area contributed by atoms with Gasteiger partial charge in [0.15, 0.2) is 26.2 Å². The highest BCUT2D eigenvalue weighted by Gasteiger charge is 2.30. The van der Waals surface area contributed by atoms with Gasteiger partial charge >= 0.3 is 7.12 Å². The first-order valence-corrected chi connectivity index (χ1v) is 20.5. The van der Waals surface area contributed by atoms with Crippen molar-refractivity contribution in [2.75, 3.05) is 26.2 Å². The number of benzene rings is 2. The van der Waals surface area contributed by atoms with Crippen molar-refractivity contribution >= 4 is 69.3 Å². The Balaban J connectivity index is 0.000000166. The highest BCUT2D eigenvalue weighted by atomic mass is 127. The summed E-state index contributed by atoms with van der Waals surface area (Å²) in [6, 6.07) is 9.12. The lowest BCUT2D eigenvalue weighted by Crippen LogP contribution is -2.30. The maximum atomic E-state index is 14.0. The van der Waals surface area contributed by atoms with Gasteiger partial charge in [-0.15, -0.1) is 0 Å². The summed E-state index contributed by atoms with van der Waals surface area (Å²) in [5.74, 6) is 1.06. The Bertz CT molecular complexity index is 2500. The molecule has 316 valence electrons. The lowest BCUT2D eigenvalue weighted by atomic mass is 9.80. The number of amides is 2. The highest BCUT2D eigenvalue weighted by Crippen LogP contribution is 2.30. The molecule has 0 spiro atoms. The summed E-state index contributed by atoms with van der Waals surface area (Å²) in [4.78, 5) is 53.3. The standard InChI is InChI=1S/C20H22FN5O2.C13H16IN5O2.C7H8BFO2/c1-4-16(27)26-8-7-14(10-26)28-20-17-19(22-11-23-20)25(3)18(24-17)13-6-5-12(2)15(21)9-13;1-3-9(20)19-5-4-8(6-19)21-12-10-11(15-7-16-12)18(2)13(14)17-10;1-5-2-3-6(8(10)11)4-7(5)9/h5-6,9,11,14H,4,7-8,10H2,1-3H3;7-8H,3-6H2,1-2H3;2-4,10-11H,1H3/t14-;8-;/m00./s1. The molecule has 0 saturated carbocycles. The number of aromatic nitrogens is 8. The van der Waals surface area contributed by atoms with Crippen molar-refractivity contribution in [1.29, 1.82) is 0 Å². The number of aryl methyl sites for hydroxylation is 4. The van der Waals surface area contributed by atoms with Crippen molar-refractivity contribution in [2.24, 2.45) is 14.1 Å². The molecule has 16 nitrogen and oxygen atoms in total. The van der Waals surface area contributed by atoms with Gasteiger partial charge in [-0.2, -0.15) is 9.97 Å². The molecule has 8 rings (SSSR count). The van der Waals surface area contributed by atoms with E-state index in [1.165, 1.54) is 30.9 Å². The normalized spacial score (nSPS) is 16.1. The van der Waals surface area contributed by atoms with Crippen LogP contribution in [0.15, 0.2) is 49.1 Å². The second-order valence-corrected chi connectivity index (χ2v) is 15.4. The summed E-state index contributed by atoms with van der Waals surface area (Å²) < 4.78 is 43.3. The fraction of sp³-hybridized carbons (Fsp3) is 0.400. The number of rotatable bonds is 8. The van der Waals surface area contributed by atoms with Crippen LogP contribution >= 0.6 is 22.6 Å². The number of hydrogen-bond donors (Lipinski definition) is 2. The van der Waals surface area contributed by atoms with Gasteiger partial charge in [0.1, 0.15) is 42.3 Å². The van der Waals surface area contributed by atoms with Crippen molar-refractivity contribution < 1.29 is 37.9 Å². The summed E-state index contributed by atoms with van der Waals surface area (Å²) in [6.45, 7) is 9.65. The van der Waals surface area contributed by atoms with E-state index < -0.39 is 12.9 Å². The maximum absolute atomic E-state index is 14.0. The summed E-state index contributed by atoms with van der Waals surface area (Å²) in [7, 11) is 2.15. The van der Waals surface area contributed by atoms with Gasteiger partial charge in [0.25, 0.3) is 0 Å². The van der Waals surface area contributed by atoms with Gasteiger partial charge in [-0.25, -0.2) is 28.7 Å². The van der Waals surface area contributed by atoms with E-state index in [0.29, 0.717) is 83.4 Å². The molecule has 6 aromatic rings. The molecule has 2 fully saturated rings. The van der Waals surface area contributed by atoms with Gasteiger partial charge in [-0.1, -0.05) is 38.1 Å². The van der Waals surface area contributed by atoms with E-state index in [9.17, 15) is 18.4 Å². The molecular formula is C40H46BF2IN10O6. The number of halogens is 3. The van der Waals surface area contributed by atoms with Gasteiger partial charge in [0, 0.05) is 81.0 Å². The quantitative estimate of drug-likeness (QED) is 0.127. The number of imidazole rings is 2. The fourth-order valence-corrected chi connectivity index (χ4v) is 7.20. The van der Waals surface area contributed by atoms with Gasteiger partial charge in [0.2, 0.25) is 23.6 Å². The van der Waals surface area contributed by atoms with E-state index in [0.717, 1.165) is 34.9 Å². The van der Waals surface area contributed by atoms with Crippen LogP contribution in [-0.2, 0) is 23.7 Å². The second-order valence-electron chi connectivity index (χ2n) is 14.4. The van der Waals surface area contributed by atoms with Crippen molar-refractivity contribution in [1.82, 2.24) is 48.8 Å². The van der Waals surface area contributed by atoms with Crippen molar-refractivity contribution in [2.45, 2.75) is 65.6 Å². The van der Waals surface area contributed by atoms with Gasteiger partial charge in [-0.3, -0.25) is 9.59 Å². The van der Waals surface area contributed by atoms with Crippen molar-refractivity contribution in [3.63, 3.8) is 0 Å². The van der Waals surface area contributed by atoms with E-state index in [2.05, 4.69) is 52.5 Å². The Morgan fingerprint density at radius 1 is 0.767 bits per heavy atom. The predicted molar refractivity (Wildman–Crippen MR) is 228 cm³/mol. The minimum Gasteiger partial charge on any atom is -0.471 e. The molecule has 2 amide bonds. The van der Waals surface area contributed by atoms with E-state index >= 15 is 0 Å². The first-order chi connectivity index (χ1) is 28.7. The van der Waals surface area contributed by atoms with Crippen LogP contribution in [0.5, 0.6) is 11.8 Å². The molecule has 2 saturated heterocycles. The Hall–Kier alpha value is -5.35. The van der Waals surface area contributed by atoms with Gasteiger partial charge in [0.05, 0.1) is 13.1 Å². The largest absolute Gasteiger partial charge is 0.488 e. The third kappa shape index (κ3) is 9.98. The first-order valence-electron chi connectivity index (χ1n) is 19.5. The van der Waals surface area contributed by atoms with E-state index in [4.69, 9.17) is 19.5 Å². The molecule has 20 heteroatoms. The molecule has 2 N–H and O–H groups in total. The molecule has 0 bridgehead atoms. The second kappa shape index (κ2) is 19.4. The number of carbonyl (C=O) groups excluding carboxylic acids is 2. The summed E-state index contributed by atoms with van der Waals surface area (Å²) in [6.07, 6.45) is 5.35. The molecule has 4 aromatic heterocycles. The SMILES string of the molecule is CCC(=O)N1CC[C@H](Oc2ncnc3c2nc(-c2ccc(C)c(F)c2)n3C)C1.CCC(=O)N1CC[C@H](Oc2ncnc3c2nc(I)n3C)C1.Cc1ccc(B(O)O)cc1F. The lowest BCUT2D eigenvalue weighted by molar-refractivity contribution is -0.130. The minimum absolute atomic E-state index is 0.0294. The van der Waals surface area contributed by atoms with Crippen LogP contribution in [0, 0.1) is 29.3 Å². The van der Waals surface area contributed by atoms with Crippen LogP contribution in [0.3, 0.4) is 0 Å². The van der Waals surface area contributed by atoms with Crippen molar-refractivity contribution in [3.05, 3.63) is 75.6 Å². The monoisotopic (exact) mass is 938 g/mol. The molecule has 2 aliphatic rings. The molecule has 60 heavy (non-hydrogen) atoms. The minimum atomic E-state index is -1.59. The number of carbonyl (C=O) groups is 2. The molecule has 2 atom stereocenters. The maximum Gasteiger partial charge on any atom is 0.488 e. The first kappa shape index (κ1) is 44.2. The van der Waals surface area contributed by atoms with E-state index in [-0.39, 0.29) is 35.3 Å². The zero-order chi connectivity index (χ0) is 43.2. The third-order valence-electron chi connectivity index (χ3n) is 10.3. The van der Waals surface area contributed by atoms with E-state index in [1.807, 2.05) is 48.4 Å². The van der Waals surface area contributed by atoms with Crippen LogP contribution in [0.1, 0.15) is 50.7 Å². The zero-order valence-corrected chi connectivity index (χ0v) is 36.3. The molecule has 0 unspecified atom stereocenters. The van der Waals surface area contributed by atoms with E-state index in [1.54, 1.807) is 24.5 Å². The molecular weight excluding hydrogens is 892 g/mol. The molecule has 6 heterocycles. The highest BCUT2D eigenvalue weighted by molar-refractivity contribution is 14.1. The number of likely N-dealkylation sites (tertiary alicyclic amines) is 2.